The first-order valence-electron chi connectivity index (χ1n) is 6.12. The number of nitrogens with zero attached hydrogens (tertiary/aromatic N) is 2. The Labute approximate surface area is 120 Å². The SMILES string of the molecule is CCC(CC)Nc1cnn(CC(=O)OC)c(=O)c1Br. The number of anilines is 1. The van der Waals surface area contributed by atoms with E-state index in [4.69, 9.17) is 0 Å². The van der Waals surface area contributed by atoms with Crippen molar-refractivity contribution < 1.29 is 9.53 Å². The van der Waals surface area contributed by atoms with Gasteiger partial charge in [0.1, 0.15) is 11.0 Å². The predicted octanol–water partition coefficient (Wildman–Crippen LogP) is 1.78. The van der Waals surface area contributed by atoms with Gasteiger partial charge in [-0.05, 0) is 28.8 Å². The summed E-state index contributed by atoms with van der Waals surface area (Å²) < 4.78 is 5.95. The molecule has 0 saturated heterocycles. The van der Waals surface area contributed by atoms with Crippen molar-refractivity contribution in [2.45, 2.75) is 39.3 Å². The summed E-state index contributed by atoms with van der Waals surface area (Å²) in [5.74, 6) is -0.512. The number of halogens is 1. The van der Waals surface area contributed by atoms with Gasteiger partial charge in [-0.3, -0.25) is 9.59 Å². The first-order valence-corrected chi connectivity index (χ1v) is 6.91. The number of carbonyl (C=O) groups is 1. The molecule has 6 nitrogen and oxygen atoms in total. The van der Waals surface area contributed by atoms with Crippen molar-refractivity contribution in [3.05, 3.63) is 21.0 Å². The monoisotopic (exact) mass is 331 g/mol. The van der Waals surface area contributed by atoms with Gasteiger partial charge in [-0.1, -0.05) is 13.8 Å². The Morgan fingerprint density at radius 1 is 1.53 bits per heavy atom. The van der Waals surface area contributed by atoms with Crippen molar-refractivity contribution >= 4 is 27.6 Å². The van der Waals surface area contributed by atoms with Crippen LogP contribution in [0, 0.1) is 0 Å². The second-order valence-corrected chi connectivity index (χ2v) is 4.86. The van der Waals surface area contributed by atoms with Crippen molar-refractivity contribution in [1.82, 2.24) is 9.78 Å². The summed E-state index contributed by atoms with van der Waals surface area (Å²) in [5, 5.41) is 7.20. The molecule has 0 aromatic carbocycles. The molecule has 0 radical (unpaired) electrons. The van der Waals surface area contributed by atoms with E-state index in [0.29, 0.717) is 10.2 Å². The number of hydrogen-bond acceptors (Lipinski definition) is 5. The molecule has 1 heterocycles. The molecule has 1 rings (SSSR count). The summed E-state index contributed by atoms with van der Waals surface area (Å²) in [6.07, 6.45) is 3.44. The molecule has 0 atom stereocenters. The summed E-state index contributed by atoms with van der Waals surface area (Å²) in [6, 6.07) is 0.286. The quantitative estimate of drug-likeness (QED) is 0.804. The Morgan fingerprint density at radius 3 is 2.68 bits per heavy atom. The molecule has 106 valence electrons. The van der Waals surface area contributed by atoms with E-state index in [2.05, 4.69) is 44.9 Å². The van der Waals surface area contributed by atoms with Crippen LogP contribution in [0.1, 0.15) is 26.7 Å². The zero-order valence-electron chi connectivity index (χ0n) is 11.3. The van der Waals surface area contributed by atoms with Gasteiger partial charge in [0.25, 0.3) is 5.56 Å². The van der Waals surface area contributed by atoms with Gasteiger partial charge in [0.2, 0.25) is 0 Å². The van der Waals surface area contributed by atoms with Crippen LogP contribution in [0.5, 0.6) is 0 Å². The topological polar surface area (TPSA) is 73.2 Å². The Kier molecular flexibility index (Phi) is 6.01. The number of esters is 1. The molecule has 19 heavy (non-hydrogen) atoms. The molecule has 0 unspecified atom stereocenters. The third-order valence-electron chi connectivity index (χ3n) is 2.84. The molecule has 0 aliphatic rings. The number of methoxy groups -OCH3 is 1. The van der Waals surface area contributed by atoms with Crippen molar-refractivity contribution in [3.63, 3.8) is 0 Å². The van der Waals surface area contributed by atoms with Gasteiger partial charge >= 0.3 is 5.97 Å². The molecule has 1 aromatic heterocycles. The van der Waals surface area contributed by atoms with Crippen LogP contribution in [0.3, 0.4) is 0 Å². The van der Waals surface area contributed by atoms with Crippen LogP contribution in [-0.4, -0.2) is 28.9 Å². The number of nitrogens with one attached hydrogen (secondary N) is 1. The van der Waals surface area contributed by atoms with Crippen LogP contribution in [0.2, 0.25) is 0 Å². The lowest BCUT2D eigenvalue weighted by Gasteiger charge is -2.17. The first-order chi connectivity index (χ1) is 9.03. The number of aromatic nitrogens is 2. The van der Waals surface area contributed by atoms with Crippen LogP contribution in [0.4, 0.5) is 5.69 Å². The Hall–Kier alpha value is -1.37. The highest BCUT2D eigenvalue weighted by atomic mass is 79.9. The minimum Gasteiger partial charge on any atom is -0.468 e. The van der Waals surface area contributed by atoms with Crippen LogP contribution >= 0.6 is 15.9 Å². The van der Waals surface area contributed by atoms with Gasteiger partial charge in [-0.2, -0.15) is 5.10 Å². The van der Waals surface area contributed by atoms with Crippen LogP contribution in [0.25, 0.3) is 0 Å². The summed E-state index contributed by atoms with van der Waals surface area (Å²) in [6.45, 7) is 3.95. The van der Waals surface area contributed by atoms with Gasteiger partial charge in [-0.25, -0.2) is 4.68 Å². The standard InChI is InChI=1S/C12H18BrN3O3/c1-4-8(5-2)15-9-6-14-16(7-10(17)19-3)12(18)11(9)13/h6,8,15H,4-5,7H2,1-3H3. The highest BCUT2D eigenvalue weighted by Gasteiger charge is 2.13. The summed E-state index contributed by atoms with van der Waals surface area (Å²) in [5.41, 5.74) is 0.279. The molecule has 0 fully saturated rings. The molecular formula is C12H18BrN3O3. The van der Waals surface area contributed by atoms with Crippen molar-refractivity contribution in [1.29, 1.82) is 0 Å². The van der Waals surface area contributed by atoms with E-state index in [9.17, 15) is 9.59 Å². The minimum absolute atomic E-state index is 0.195. The molecule has 0 amide bonds. The lowest BCUT2D eigenvalue weighted by atomic mass is 10.1. The lowest BCUT2D eigenvalue weighted by Crippen LogP contribution is -2.29. The zero-order chi connectivity index (χ0) is 14.4. The maximum Gasteiger partial charge on any atom is 0.327 e. The molecule has 0 bridgehead atoms. The van der Waals surface area contributed by atoms with Gasteiger partial charge < -0.3 is 10.1 Å². The normalized spacial score (nSPS) is 10.6. The molecule has 0 aliphatic heterocycles. The van der Waals surface area contributed by atoms with Gasteiger partial charge in [-0.15, -0.1) is 0 Å². The fourth-order valence-electron chi connectivity index (χ4n) is 1.58. The van der Waals surface area contributed by atoms with Crippen molar-refractivity contribution in [3.8, 4) is 0 Å². The molecule has 1 aromatic rings. The molecular weight excluding hydrogens is 314 g/mol. The van der Waals surface area contributed by atoms with E-state index in [1.54, 1.807) is 0 Å². The van der Waals surface area contributed by atoms with Gasteiger partial charge in [0, 0.05) is 6.04 Å². The molecule has 1 N–H and O–H groups in total. The van der Waals surface area contributed by atoms with Crippen molar-refractivity contribution in [2.24, 2.45) is 0 Å². The first kappa shape index (κ1) is 15.7. The molecule has 0 aliphatic carbocycles. The van der Waals surface area contributed by atoms with E-state index in [1.165, 1.54) is 13.3 Å². The van der Waals surface area contributed by atoms with E-state index >= 15 is 0 Å². The van der Waals surface area contributed by atoms with Crippen LogP contribution in [0.15, 0.2) is 15.5 Å². The number of carbonyl (C=O) groups excluding carboxylic acids is 1. The van der Waals surface area contributed by atoms with E-state index in [-0.39, 0.29) is 18.1 Å². The maximum atomic E-state index is 12.0. The summed E-state index contributed by atoms with van der Waals surface area (Å²) in [4.78, 5) is 23.2. The van der Waals surface area contributed by atoms with E-state index < -0.39 is 5.97 Å². The third-order valence-corrected chi connectivity index (χ3v) is 3.60. The number of ether oxygens (including phenoxy) is 1. The van der Waals surface area contributed by atoms with Crippen LogP contribution < -0.4 is 10.9 Å². The third kappa shape index (κ3) is 4.05. The fourth-order valence-corrected chi connectivity index (χ4v) is 2.00. The molecule has 0 saturated carbocycles. The maximum absolute atomic E-state index is 12.0. The largest absolute Gasteiger partial charge is 0.468 e. The van der Waals surface area contributed by atoms with Crippen LogP contribution in [-0.2, 0) is 16.1 Å². The van der Waals surface area contributed by atoms with Gasteiger partial charge in [0.05, 0.1) is 19.0 Å². The summed E-state index contributed by atoms with van der Waals surface area (Å²) in [7, 11) is 1.27. The average Bonchev–Trinajstić information content (AvgIpc) is 2.43. The Morgan fingerprint density at radius 2 is 2.16 bits per heavy atom. The van der Waals surface area contributed by atoms with Crippen molar-refractivity contribution in [2.75, 3.05) is 12.4 Å². The highest BCUT2D eigenvalue weighted by Crippen LogP contribution is 2.18. The second-order valence-electron chi connectivity index (χ2n) is 4.07. The Bertz CT molecular complexity index is 497. The fraction of sp³-hybridized carbons (Fsp3) is 0.583. The Balaban J connectivity index is 2.97. The predicted molar refractivity (Wildman–Crippen MR) is 76.2 cm³/mol. The zero-order valence-corrected chi connectivity index (χ0v) is 12.9. The molecule has 7 heteroatoms. The minimum atomic E-state index is -0.512. The van der Waals surface area contributed by atoms with E-state index in [1.807, 2.05) is 0 Å². The summed E-state index contributed by atoms with van der Waals surface area (Å²) >= 11 is 3.24. The second kappa shape index (κ2) is 7.28. The average molecular weight is 332 g/mol. The smallest absolute Gasteiger partial charge is 0.327 e. The van der Waals surface area contributed by atoms with E-state index in [0.717, 1.165) is 17.5 Å². The highest BCUT2D eigenvalue weighted by molar-refractivity contribution is 9.10. The lowest BCUT2D eigenvalue weighted by molar-refractivity contribution is -0.141. The van der Waals surface area contributed by atoms with Gasteiger partial charge in [0.15, 0.2) is 0 Å². The number of rotatable bonds is 6. The molecule has 0 spiro atoms. The number of hydrogen-bond donors (Lipinski definition) is 1.